The van der Waals surface area contributed by atoms with Gasteiger partial charge >= 0.3 is 5.97 Å². The van der Waals surface area contributed by atoms with E-state index in [0.29, 0.717) is 15.9 Å². The predicted molar refractivity (Wildman–Crippen MR) is 69.9 cm³/mol. The summed E-state index contributed by atoms with van der Waals surface area (Å²) in [5.74, 6) is -1.10. The molecule has 0 aliphatic rings. The maximum atomic E-state index is 11.3. The molecule has 0 amide bonds. The first-order chi connectivity index (χ1) is 8.95. The summed E-state index contributed by atoms with van der Waals surface area (Å²) in [4.78, 5) is 32.6. The molecule has 2 rings (SSSR count). The third-order valence-electron chi connectivity index (χ3n) is 2.10. The summed E-state index contributed by atoms with van der Waals surface area (Å²) < 4.78 is 0. The van der Waals surface area contributed by atoms with E-state index in [1.165, 1.54) is 18.3 Å². The number of carbonyl (C=O) groups is 1. The minimum absolute atomic E-state index is 0.0000416. The van der Waals surface area contributed by atoms with Gasteiger partial charge in [0.25, 0.3) is 5.56 Å². The van der Waals surface area contributed by atoms with Crippen molar-refractivity contribution in [2.45, 2.75) is 17.1 Å². The lowest BCUT2D eigenvalue weighted by molar-refractivity contribution is 0.0696. The number of nitrogens with zero attached hydrogens (tertiary/aromatic N) is 2. The van der Waals surface area contributed by atoms with Gasteiger partial charge < -0.3 is 10.1 Å². The smallest absolute Gasteiger partial charge is 0.337 e. The summed E-state index contributed by atoms with van der Waals surface area (Å²) in [7, 11) is 0. The van der Waals surface area contributed by atoms with Gasteiger partial charge in [-0.2, -0.15) is 0 Å². The van der Waals surface area contributed by atoms with E-state index < -0.39 is 5.97 Å². The number of aromatic amines is 1. The fraction of sp³-hybridized carbons (Fsp3) is 0.0909. The number of rotatable bonds is 3. The Labute approximate surface area is 116 Å². The van der Waals surface area contributed by atoms with E-state index in [-0.39, 0.29) is 16.1 Å². The van der Waals surface area contributed by atoms with E-state index >= 15 is 0 Å². The summed E-state index contributed by atoms with van der Waals surface area (Å²) in [5, 5.41) is 9.71. The van der Waals surface area contributed by atoms with Crippen LogP contribution in [0.1, 0.15) is 16.1 Å². The number of carboxylic acids is 1. The number of nitrogens with one attached hydrogen (secondary N) is 1. The zero-order chi connectivity index (χ0) is 14.0. The fourth-order valence-corrected chi connectivity index (χ4v) is 2.38. The van der Waals surface area contributed by atoms with Gasteiger partial charge in [0.1, 0.15) is 5.03 Å². The minimum atomic E-state index is -1.10. The molecule has 2 N–H and O–H groups in total. The topological polar surface area (TPSA) is 95.9 Å². The van der Waals surface area contributed by atoms with Crippen molar-refractivity contribution in [2.75, 3.05) is 0 Å². The van der Waals surface area contributed by atoms with Crippen LogP contribution in [-0.4, -0.2) is 26.0 Å². The second kappa shape index (κ2) is 5.41. The number of carboxylic acid groups (broad SMARTS) is 1. The monoisotopic (exact) mass is 297 g/mol. The lowest BCUT2D eigenvalue weighted by Gasteiger charge is -2.03. The molecule has 2 aromatic rings. The van der Waals surface area contributed by atoms with Crippen molar-refractivity contribution in [1.29, 1.82) is 0 Å². The lowest BCUT2D eigenvalue weighted by atomic mass is 10.3. The molecular weight excluding hydrogens is 290 g/mol. The van der Waals surface area contributed by atoms with E-state index in [1.54, 1.807) is 6.92 Å². The SMILES string of the molecule is Cc1cc(=O)[nH]c(Sc2ncc(C(=O)O)cc2Cl)n1. The Morgan fingerprint density at radius 2 is 2.21 bits per heavy atom. The molecule has 98 valence electrons. The Hall–Kier alpha value is -1.86. The molecule has 0 saturated heterocycles. The Morgan fingerprint density at radius 1 is 1.47 bits per heavy atom. The summed E-state index contributed by atoms with van der Waals surface area (Å²) in [6.45, 7) is 1.70. The molecule has 8 heteroatoms. The van der Waals surface area contributed by atoms with Crippen molar-refractivity contribution in [2.24, 2.45) is 0 Å². The van der Waals surface area contributed by atoms with Crippen LogP contribution >= 0.6 is 23.4 Å². The van der Waals surface area contributed by atoms with Crippen molar-refractivity contribution >= 4 is 29.3 Å². The molecule has 2 heterocycles. The standard InChI is InChI=1S/C11H8ClN3O3S/c1-5-2-8(16)15-11(14-5)19-9-7(12)3-6(4-13-9)10(17)18/h2-4H,1H3,(H,17,18)(H,14,15,16). The van der Waals surface area contributed by atoms with Crippen molar-refractivity contribution in [3.05, 3.63) is 45.0 Å². The molecule has 0 fully saturated rings. The molecule has 0 saturated carbocycles. The molecule has 0 aromatic carbocycles. The van der Waals surface area contributed by atoms with E-state index in [0.717, 1.165) is 11.8 Å². The second-order valence-corrected chi connectivity index (χ2v) is 4.99. The van der Waals surface area contributed by atoms with E-state index in [9.17, 15) is 9.59 Å². The highest BCUT2D eigenvalue weighted by Gasteiger charge is 2.11. The number of hydrogen-bond donors (Lipinski definition) is 2. The van der Waals surface area contributed by atoms with Crippen LogP contribution in [0, 0.1) is 6.92 Å². The van der Waals surface area contributed by atoms with Crippen molar-refractivity contribution in [3.8, 4) is 0 Å². The summed E-state index contributed by atoms with van der Waals surface area (Å²) in [6, 6.07) is 2.67. The Balaban J connectivity index is 2.33. The van der Waals surface area contributed by atoms with Gasteiger partial charge in [-0.15, -0.1) is 0 Å². The van der Waals surface area contributed by atoms with Crippen LogP contribution < -0.4 is 5.56 Å². The average molecular weight is 298 g/mol. The fourth-order valence-electron chi connectivity index (χ4n) is 1.31. The molecule has 0 aliphatic carbocycles. The Bertz CT molecular complexity index is 702. The third-order valence-corrected chi connectivity index (χ3v) is 3.40. The van der Waals surface area contributed by atoms with Gasteiger partial charge in [0.2, 0.25) is 0 Å². The highest BCUT2D eigenvalue weighted by Crippen LogP contribution is 2.29. The van der Waals surface area contributed by atoms with Gasteiger partial charge in [0.15, 0.2) is 5.16 Å². The molecule has 0 atom stereocenters. The maximum Gasteiger partial charge on any atom is 0.337 e. The minimum Gasteiger partial charge on any atom is -0.478 e. The largest absolute Gasteiger partial charge is 0.478 e. The number of aromatic carboxylic acids is 1. The highest BCUT2D eigenvalue weighted by molar-refractivity contribution is 7.99. The molecular formula is C11H8ClN3O3S. The molecule has 0 radical (unpaired) electrons. The molecule has 0 unspecified atom stereocenters. The van der Waals surface area contributed by atoms with E-state index in [1.807, 2.05) is 0 Å². The van der Waals surface area contributed by atoms with Crippen LogP contribution in [0.2, 0.25) is 5.02 Å². The molecule has 2 aromatic heterocycles. The number of aromatic nitrogens is 3. The number of aryl methyl sites for hydroxylation is 1. The zero-order valence-electron chi connectivity index (χ0n) is 9.68. The highest BCUT2D eigenvalue weighted by atomic mass is 35.5. The van der Waals surface area contributed by atoms with Crippen molar-refractivity contribution < 1.29 is 9.90 Å². The van der Waals surface area contributed by atoms with Gasteiger partial charge in [-0.05, 0) is 24.8 Å². The number of pyridine rings is 1. The molecule has 0 aliphatic heterocycles. The molecule has 6 nitrogen and oxygen atoms in total. The van der Waals surface area contributed by atoms with Gasteiger partial charge in [-0.1, -0.05) is 11.6 Å². The van der Waals surface area contributed by atoms with Crippen molar-refractivity contribution in [1.82, 2.24) is 15.0 Å². The lowest BCUT2D eigenvalue weighted by Crippen LogP contribution is -2.08. The van der Waals surface area contributed by atoms with Crippen LogP contribution in [0.3, 0.4) is 0 Å². The van der Waals surface area contributed by atoms with Crippen molar-refractivity contribution in [3.63, 3.8) is 0 Å². The maximum absolute atomic E-state index is 11.3. The summed E-state index contributed by atoms with van der Waals surface area (Å²) in [5.41, 5.74) is 0.304. The van der Waals surface area contributed by atoms with Crippen LogP contribution in [0.5, 0.6) is 0 Å². The van der Waals surface area contributed by atoms with Crippen LogP contribution in [0.15, 0.2) is 33.3 Å². The number of hydrogen-bond acceptors (Lipinski definition) is 5. The Kier molecular flexibility index (Phi) is 3.87. The molecule has 0 bridgehead atoms. The Morgan fingerprint density at radius 3 is 2.79 bits per heavy atom. The van der Waals surface area contributed by atoms with Gasteiger partial charge in [-0.3, -0.25) is 4.79 Å². The van der Waals surface area contributed by atoms with Gasteiger partial charge in [0, 0.05) is 18.0 Å². The molecule has 19 heavy (non-hydrogen) atoms. The van der Waals surface area contributed by atoms with Crippen LogP contribution in [0.25, 0.3) is 0 Å². The van der Waals surface area contributed by atoms with Crippen LogP contribution in [0.4, 0.5) is 0 Å². The number of H-pyrrole nitrogens is 1. The van der Waals surface area contributed by atoms with E-state index in [4.69, 9.17) is 16.7 Å². The first-order valence-electron chi connectivity index (χ1n) is 5.10. The summed E-state index contributed by atoms with van der Waals surface area (Å²) >= 11 is 7.00. The second-order valence-electron chi connectivity index (χ2n) is 3.61. The van der Waals surface area contributed by atoms with Gasteiger partial charge in [0.05, 0.1) is 10.6 Å². The third kappa shape index (κ3) is 3.33. The quantitative estimate of drug-likeness (QED) is 0.841. The normalized spacial score (nSPS) is 10.4. The van der Waals surface area contributed by atoms with Crippen LogP contribution in [-0.2, 0) is 0 Å². The first-order valence-corrected chi connectivity index (χ1v) is 6.30. The summed E-state index contributed by atoms with van der Waals surface area (Å²) in [6.07, 6.45) is 1.20. The zero-order valence-corrected chi connectivity index (χ0v) is 11.2. The first kappa shape index (κ1) is 13.6. The number of halogens is 1. The predicted octanol–water partition coefficient (Wildman–Crippen LogP) is 1.98. The van der Waals surface area contributed by atoms with E-state index in [2.05, 4.69) is 15.0 Å². The molecule has 0 spiro atoms. The van der Waals surface area contributed by atoms with Gasteiger partial charge in [-0.25, -0.2) is 14.8 Å². The average Bonchev–Trinajstić information content (AvgIpc) is 2.30.